The van der Waals surface area contributed by atoms with Gasteiger partial charge in [0.05, 0.1) is 12.1 Å². The van der Waals surface area contributed by atoms with E-state index in [0.717, 1.165) is 22.0 Å². The first kappa shape index (κ1) is 13.4. The lowest BCUT2D eigenvalue weighted by Gasteiger charge is -2.07. The van der Waals surface area contributed by atoms with Gasteiger partial charge in [-0.15, -0.1) is 11.3 Å². The fraction of sp³-hybridized carbons (Fsp3) is 0.467. The van der Waals surface area contributed by atoms with E-state index in [-0.39, 0.29) is 5.91 Å². The molecule has 0 radical (unpaired) electrons. The Morgan fingerprint density at radius 1 is 1.45 bits per heavy atom. The lowest BCUT2D eigenvalue weighted by molar-refractivity contribution is 0.0950. The standard InChI is InChI=1S/C15H19N3OS/c1-9-8-20-14(17-9)7-16-15(19)13-6-10(2)18(11(13)3)12-4-5-12/h6,8,12H,4-5,7H2,1-3H3,(H,16,19). The van der Waals surface area contributed by atoms with E-state index in [0.29, 0.717) is 12.6 Å². The van der Waals surface area contributed by atoms with Gasteiger partial charge in [0.25, 0.3) is 5.91 Å². The second-order valence-corrected chi connectivity index (χ2v) is 6.39. The Kier molecular flexibility index (Phi) is 3.38. The van der Waals surface area contributed by atoms with E-state index >= 15 is 0 Å². The van der Waals surface area contributed by atoms with Gasteiger partial charge in [-0.05, 0) is 39.7 Å². The van der Waals surface area contributed by atoms with Crippen LogP contribution in [0, 0.1) is 20.8 Å². The van der Waals surface area contributed by atoms with E-state index in [1.54, 1.807) is 11.3 Å². The normalized spacial score (nSPS) is 14.6. The summed E-state index contributed by atoms with van der Waals surface area (Å²) < 4.78 is 2.29. The number of carbonyl (C=O) groups is 1. The number of aryl methyl sites for hydroxylation is 2. The number of rotatable bonds is 4. The largest absolute Gasteiger partial charge is 0.345 e. The van der Waals surface area contributed by atoms with Gasteiger partial charge in [-0.25, -0.2) is 4.98 Å². The van der Waals surface area contributed by atoms with Gasteiger partial charge >= 0.3 is 0 Å². The van der Waals surface area contributed by atoms with Gasteiger partial charge in [-0.1, -0.05) is 0 Å². The summed E-state index contributed by atoms with van der Waals surface area (Å²) in [4.78, 5) is 16.7. The molecule has 106 valence electrons. The average molecular weight is 289 g/mol. The maximum atomic E-state index is 12.3. The summed E-state index contributed by atoms with van der Waals surface area (Å²) in [6, 6.07) is 2.61. The fourth-order valence-corrected chi connectivity index (χ4v) is 3.35. The summed E-state index contributed by atoms with van der Waals surface area (Å²) in [5.74, 6) is -0.00199. The van der Waals surface area contributed by atoms with E-state index in [4.69, 9.17) is 0 Å². The highest BCUT2D eigenvalue weighted by atomic mass is 32.1. The van der Waals surface area contributed by atoms with E-state index in [9.17, 15) is 4.79 Å². The maximum absolute atomic E-state index is 12.3. The molecule has 0 bridgehead atoms. The molecular formula is C15H19N3OS. The monoisotopic (exact) mass is 289 g/mol. The fourth-order valence-electron chi connectivity index (χ4n) is 2.64. The van der Waals surface area contributed by atoms with Crippen LogP contribution in [0.2, 0.25) is 0 Å². The molecule has 3 rings (SSSR count). The lowest BCUT2D eigenvalue weighted by Crippen LogP contribution is -2.23. The number of hydrogen-bond acceptors (Lipinski definition) is 3. The minimum absolute atomic E-state index is 0.00199. The molecule has 2 heterocycles. The van der Waals surface area contributed by atoms with Gasteiger partial charge in [-0.2, -0.15) is 0 Å². The predicted octanol–water partition coefficient (Wildman–Crippen LogP) is 3.13. The van der Waals surface area contributed by atoms with Crippen molar-refractivity contribution in [1.82, 2.24) is 14.9 Å². The molecule has 1 amide bonds. The van der Waals surface area contributed by atoms with Crippen molar-refractivity contribution < 1.29 is 4.79 Å². The second-order valence-electron chi connectivity index (χ2n) is 5.45. The SMILES string of the molecule is Cc1csc(CNC(=O)c2cc(C)n(C3CC3)c2C)n1. The molecule has 20 heavy (non-hydrogen) atoms. The van der Waals surface area contributed by atoms with E-state index < -0.39 is 0 Å². The van der Waals surface area contributed by atoms with Crippen LogP contribution in [0.3, 0.4) is 0 Å². The minimum Gasteiger partial charge on any atom is -0.345 e. The van der Waals surface area contributed by atoms with Crippen LogP contribution in [0.15, 0.2) is 11.4 Å². The van der Waals surface area contributed by atoms with Gasteiger partial charge < -0.3 is 9.88 Å². The molecule has 1 N–H and O–H groups in total. The summed E-state index contributed by atoms with van der Waals surface area (Å²) >= 11 is 1.58. The zero-order chi connectivity index (χ0) is 14.3. The number of nitrogens with one attached hydrogen (secondary N) is 1. The smallest absolute Gasteiger partial charge is 0.253 e. The number of aromatic nitrogens is 2. The molecule has 0 saturated heterocycles. The van der Waals surface area contributed by atoms with Crippen LogP contribution in [0.5, 0.6) is 0 Å². The van der Waals surface area contributed by atoms with Crippen LogP contribution >= 0.6 is 11.3 Å². The highest BCUT2D eigenvalue weighted by Gasteiger charge is 2.28. The van der Waals surface area contributed by atoms with E-state index in [1.807, 2.05) is 25.3 Å². The number of nitrogens with zero attached hydrogens (tertiary/aromatic N) is 2. The molecule has 1 aliphatic carbocycles. The van der Waals surface area contributed by atoms with Crippen molar-refractivity contribution >= 4 is 17.2 Å². The Balaban J connectivity index is 1.72. The zero-order valence-corrected chi connectivity index (χ0v) is 12.9. The first-order chi connectivity index (χ1) is 9.56. The van der Waals surface area contributed by atoms with Gasteiger partial charge in [0.2, 0.25) is 0 Å². The van der Waals surface area contributed by atoms with Crippen molar-refractivity contribution in [3.8, 4) is 0 Å². The molecule has 0 aromatic carbocycles. The van der Waals surface area contributed by atoms with E-state index in [2.05, 4.69) is 21.8 Å². The number of hydrogen-bond donors (Lipinski definition) is 1. The highest BCUT2D eigenvalue weighted by molar-refractivity contribution is 7.09. The molecule has 1 saturated carbocycles. The van der Waals surface area contributed by atoms with Crippen LogP contribution in [-0.2, 0) is 6.54 Å². The van der Waals surface area contributed by atoms with Crippen molar-refractivity contribution in [2.45, 2.75) is 46.2 Å². The number of thiazole rings is 1. The third kappa shape index (κ3) is 2.50. The first-order valence-corrected chi connectivity index (χ1v) is 7.82. The Hall–Kier alpha value is -1.62. The predicted molar refractivity (Wildman–Crippen MR) is 80.2 cm³/mol. The van der Waals surface area contributed by atoms with E-state index in [1.165, 1.54) is 18.5 Å². The Labute approximate surface area is 122 Å². The Bertz CT molecular complexity index is 652. The molecule has 0 atom stereocenters. The van der Waals surface area contributed by atoms with Crippen LogP contribution in [-0.4, -0.2) is 15.5 Å². The Morgan fingerprint density at radius 2 is 2.20 bits per heavy atom. The minimum atomic E-state index is -0.00199. The zero-order valence-electron chi connectivity index (χ0n) is 12.1. The van der Waals surface area contributed by atoms with Crippen LogP contribution < -0.4 is 5.32 Å². The molecular weight excluding hydrogens is 270 g/mol. The third-order valence-electron chi connectivity index (χ3n) is 3.71. The van der Waals surface area contributed by atoms with Gasteiger partial charge in [0, 0.05) is 28.5 Å². The number of carbonyl (C=O) groups excluding carboxylic acids is 1. The van der Waals surface area contributed by atoms with Crippen molar-refractivity contribution in [3.05, 3.63) is 39.1 Å². The van der Waals surface area contributed by atoms with Crippen molar-refractivity contribution in [2.24, 2.45) is 0 Å². The van der Waals surface area contributed by atoms with Crippen molar-refractivity contribution in [2.75, 3.05) is 0 Å². The second kappa shape index (κ2) is 5.05. The molecule has 2 aromatic heterocycles. The molecule has 5 heteroatoms. The van der Waals surface area contributed by atoms with Crippen molar-refractivity contribution in [1.29, 1.82) is 0 Å². The molecule has 0 aliphatic heterocycles. The average Bonchev–Trinajstić information content (AvgIpc) is 3.08. The number of amides is 1. The topological polar surface area (TPSA) is 46.9 Å². The van der Waals surface area contributed by atoms with Crippen molar-refractivity contribution in [3.63, 3.8) is 0 Å². The summed E-state index contributed by atoms with van der Waals surface area (Å²) in [5, 5.41) is 5.92. The highest BCUT2D eigenvalue weighted by Crippen LogP contribution is 2.38. The van der Waals surface area contributed by atoms with Gasteiger partial charge in [0.1, 0.15) is 5.01 Å². The molecule has 4 nitrogen and oxygen atoms in total. The molecule has 0 unspecified atom stereocenters. The molecule has 1 fully saturated rings. The van der Waals surface area contributed by atoms with Gasteiger partial charge in [-0.3, -0.25) is 4.79 Å². The summed E-state index contributed by atoms with van der Waals surface area (Å²) in [5.41, 5.74) is 4.06. The third-order valence-corrected chi connectivity index (χ3v) is 4.67. The Morgan fingerprint density at radius 3 is 2.80 bits per heavy atom. The molecule has 0 spiro atoms. The van der Waals surface area contributed by atoms with Gasteiger partial charge in [0.15, 0.2) is 0 Å². The summed E-state index contributed by atoms with van der Waals surface area (Å²) in [7, 11) is 0. The molecule has 2 aromatic rings. The summed E-state index contributed by atoms with van der Waals surface area (Å²) in [6.45, 7) is 6.58. The first-order valence-electron chi connectivity index (χ1n) is 6.94. The van der Waals surface area contributed by atoms with Crippen LogP contribution in [0.1, 0.15) is 51.3 Å². The quantitative estimate of drug-likeness (QED) is 0.940. The van der Waals surface area contributed by atoms with Crippen LogP contribution in [0.25, 0.3) is 0 Å². The maximum Gasteiger partial charge on any atom is 0.253 e. The molecule has 1 aliphatic rings. The van der Waals surface area contributed by atoms with Crippen LogP contribution in [0.4, 0.5) is 0 Å². The lowest BCUT2D eigenvalue weighted by atomic mass is 10.2. The summed E-state index contributed by atoms with van der Waals surface area (Å²) in [6.07, 6.45) is 2.46.